The predicted molar refractivity (Wildman–Crippen MR) is 74.5 cm³/mol. The molecule has 0 bridgehead atoms. The Morgan fingerprint density at radius 1 is 1.00 bits per heavy atom. The Balaban J connectivity index is 2.91. The molecule has 0 radical (unpaired) electrons. The van der Waals surface area contributed by atoms with Crippen molar-refractivity contribution in [1.29, 1.82) is 0 Å². The van der Waals surface area contributed by atoms with Gasteiger partial charge in [0.15, 0.2) is 0 Å². The first-order valence-corrected chi connectivity index (χ1v) is 7.64. The molecule has 0 unspecified atom stereocenters. The second-order valence-corrected chi connectivity index (χ2v) is 6.64. The Kier molecular flexibility index (Phi) is 5.08. The minimum Gasteiger partial charge on any atom is -0.350 e. The predicted octanol–water partition coefficient (Wildman–Crippen LogP) is 1.51. The van der Waals surface area contributed by atoms with Crippen LogP contribution in [0.15, 0.2) is 29.2 Å². The van der Waals surface area contributed by atoms with Gasteiger partial charge in [0.1, 0.15) is 0 Å². The molecule has 19 heavy (non-hydrogen) atoms. The van der Waals surface area contributed by atoms with Crippen molar-refractivity contribution in [2.75, 3.05) is 0 Å². The highest BCUT2D eigenvalue weighted by Gasteiger charge is 2.16. The van der Waals surface area contributed by atoms with Crippen molar-refractivity contribution in [3.05, 3.63) is 29.8 Å². The van der Waals surface area contributed by atoms with Crippen molar-refractivity contribution >= 4 is 15.9 Å². The maximum absolute atomic E-state index is 11.9. The summed E-state index contributed by atoms with van der Waals surface area (Å²) in [7, 11) is -3.51. The van der Waals surface area contributed by atoms with Crippen molar-refractivity contribution in [2.45, 2.75) is 44.7 Å². The van der Waals surface area contributed by atoms with Crippen molar-refractivity contribution in [3.8, 4) is 0 Å². The van der Waals surface area contributed by atoms with Gasteiger partial charge in [-0.25, -0.2) is 13.1 Å². The number of carbonyl (C=O) groups is 1. The highest BCUT2D eigenvalue weighted by Crippen LogP contribution is 2.11. The highest BCUT2D eigenvalue weighted by atomic mass is 32.2. The largest absolute Gasteiger partial charge is 0.350 e. The van der Waals surface area contributed by atoms with E-state index < -0.39 is 10.0 Å². The molecule has 2 N–H and O–H groups in total. The molecular formula is C13H20N2O3S. The average molecular weight is 284 g/mol. The second kappa shape index (κ2) is 6.16. The Bertz CT molecular complexity index is 534. The summed E-state index contributed by atoms with van der Waals surface area (Å²) in [5.74, 6) is -0.212. The number of sulfonamides is 1. The molecule has 0 atom stereocenters. The van der Waals surface area contributed by atoms with Crippen LogP contribution in [0, 0.1) is 0 Å². The highest BCUT2D eigenvalue weighted by molar-refractivity contribution is 7.89. The van der Waals surface area contributed by atoms with Crippen LogP contribution in [0.1, 0.15) is 38.1 Å². The summed E-state index contributed by atoms with van der Waals surface area (Å²) in [4.78, 5) is 11.9. The number of hydrogen-bond acceptors (Lipinski definition) is 3. The van der Waals surface area contributed by atoms with Gasteiger partial charge in [-0.2, -0.15) is 0 Å². The van der Waals surface area contributed by atoms with Gasteiger partial charge in [0.05, 0.1) is 4.90 Å². The van der Waals surface area contributed by atoms with E-state index in [9.17, 15) is 13.2 Å². The second-order valence-electron chi connectivity index (χ2n) is 4.93. The first-order valence-electron chi connectivity index (χ1n) is 6.15. The zero-order chi connectivity index (χ0) is 14.6. The lowest BCUT2D eigenvalue weighted by molar-refractivity contribution is 0.0943. The number of rotatable bonds is 5. The van der Waals surface area contributed by atoms with Crippen molar-refractivity contribution in [3.63, 3.8) is 0 Å². The van der Waals surface area contributed by atoms with Gasteiger partial charge in [0.25, 0.3) is 5.91 Å². The number of carbonyl (C=O) groups excluding carboxylic acids is 1. The molecule has 0 aliphatic rings. The number of benzene rings is 1. The first kappa shape index (κ1) is 15.7. The Labute approximate surface area is 114 Å². The molecule has 106 valence electrons. The molecule has 1 aromatic carbocycles. The molecule has 5 nitrogen and oxygen atoms in total. The van der Waals surface area contributed by atoms with E-state index in [0.717, 1.165) is 0 Å². The molecule has 6 heteroatoms. The van der Waals surface area contributed by atoms with E-state index in [1.807, 2.05) is 13.8 Å². The quantitative estimate of drug-likeness (QED) is 0.860. The summed E-state index contributed by atoms with van der Waals surface area (Å²) in [5, 5.41) is 2.75. The third kappa shape index (κ3) is 4.65. The fourth-order valence-corrected chi connectivity index (χ4v) is 2.76. The zero-order valence-corrected chi connectivity index (χ0v) is 12.4. The van der Waals surface area contributed by atoms with Crippen molar-refractivity contribution in [1.82, 2.24) is 10.0 Å². The Morgan fingerprint density at radius 2 is 1.53 bits per heavy atom. The van der Waals surface area contributed by atoms with Crippen LogP contribution in [0.3, 0.4) is 0 Å². The van der Waals surface area contributed by atoms with Gasteiger partial charge in [-0.05, 0) is 52.0 Å². The SMILES string of the molecule is CC(C)NC(=O)c1ccc(S(=O)(=O)NC(C)C)cc1. The van der Waals surface area contributed by atoms with Gasteiger partial charge >= 0.3 is 0 Å². The van der Waals surface area contributed by atoms with E-state index in [2.05, 4.69) is 10.0 Å². The lowest BCUT2D eigenvalue weighted by atomic mass is 10.2. The summed E-state index contributed by atoms with van der Waals surface area (Å²) in [6, 6.07) is 5.74. The van der Waals surface area contributed by atoms with E-state index in [0.29, 0.717) is 5.56 Å². The molecule has 0 saturated heterocycles. The fraction of sp³-hybridized carbons (Fsp3) is 0.462. The Hall–Kier alpha value is -1.40. The van der Waals surface area contributed by atoms with E-state index in [-0.39, 0.29) is 22.9 Å². The molecule has 0 spiro atoms. The molecule has 1 rings (SSSR count). The van der Waals surface area contributed by atoms with Crippen LogP contribution in [0.5, 0.6) is 0 Å². The van der Waals surface area contributed by atoms with Gasteiger partial charge < -0.3 is 5.32 Å². The molecule has 0 aliphatic carbocycles. The number of nitrogens with one attached hydrogen (secondary N) is 2. The fourth-order valence-electron chi connectivity index (χ4n) is 1.51. The van der Waals surface area contributed by atoms with Gasteiger partial charge in [-0.3, -0.25) is 4.79 Å². The van der Waals surface area contributed by atoms with Gasteiger partial charge in [-0.1, -0.05) is 0 Å². The summed E-state index contributed by atoms with van der Waals surface area (Å²) in [6.07, 6.45) is 0. The van der Waals surface area contributed by atoms with E-state index in [1.54, 1.807) is 13.8 Å². The van der Waals surface area contributed by atoms with E-state index in [1.165, 1.54) is 24.3 Å². The third-order valence-corrected chi connectivity index (χ3v) is 3.91. The van der Waals surface area contributed by atoms with Gasteiger partial charge in [-0.15, -0.1) is 0 Å². The normalized spacial score (nSPS) is 11.9. The minimum atomic E-state index is -3.51. The van der Waals surface area contributed by atoms with Crippen LogP contribution in [0.4, 0.5) is 0 Å². The molecule has 0 aliphatic heterocycles. The topological polar surface area (TPSA) is 75.3 Å². The summed E-state index contributed by atoms with van der Waals surface area (Å²) < 4.78 is 26.3. The number of hydrogen-bond donors (Lipinski definition) is 2. The molecule has 0 heterocycles. The smallest absolute Gasteiger partial charge is 0.251 e. The lowest BCUT2D eigenvalue weighted by Gasteiger charge is -2.11. The standard InChI is InChI=1S/C13H20N2O3S/c1-9(2)14-13(16)11-5-7-12(8-6-11)19(17,18)15-10(3)4/h5-10,15H,1-4H3,(H,14,16). The van der Waals surface area contributed by atoms with Gasteiger partial charge in [0, 0.05) is 17.6 Å². The van der Waals surface area contributed by atoms with Crippen LogP contribution in [-0.2, 0) is 10.0 Å². The molecule has 1 aromatic rings. The van der Waals surface area contributed by atoms with Crippen LogP contribution in [-0.4, -0.2) is 26.4 Å². The van der Waals surface area contributed by atoms with Crippen LogP contribution < -0.4 is 10.0 Å². The Morgan fingerprint density at radius 3 is 1.95 bits per heavy atom. The van der Waals surface area contributed by atoms with Crippen LogP contribution in [0.2, 0.25) is 0 Å². The summed E-state index contributed by atoms with van der Waals surface area (Å²) in [6.45, 7) is 7.23. The monoisotopic (exact) mass is 284 g/mol. The zero-order valence-electron chi connectivity index (χ0n) is 11.6. The molecule has 1 amide bonds. The lowest BCUT2D eigenvalue weighted by Crippen LogP contribution is -2.31. The molecule has 0 saturated carbocycles. The van der Waals surface area contributed by atoms with Crippen molar-refractivity contribution < 1.29 is 13.2 Å². The molecule has 0 aromatic heterocycles. The molecular weight excluding hydrogens is 264 g/mol. The van der Waals surface area contributed by atoms with Gasteiger partial charge in [0.2, 0.25) is 10.0 Å². The van der Waals surface area contributed by atoms with Crippen molar-refractivity contribution in [2.24, 2.45) is 0 Å². The first-order chi connectivity index (χ1) is 8.72. The van der Waals surface area contributed by atoms with Crippen LogP contribution in [0.25, 0.3) is 0 Å². The van der Waals surface area contributed by atoms with E-state index >= 15 is 0 Å². The molecule has 0 fully saturated rings. The third-order valence-electron chi connectivity index (χ3n) is 2.24. The summed E-state index contributed by atoms with van der Waals surface area (Å²) >= 11 is 0. The maximum Gasteiger partial charge on any atom is 0.251 e. The van der Waals surface area contributed by atoms with Crippen LogP contribution >= 0.6 is 0 Å². The number of amides is 1. The minimum absolute atomic E-state index is 0.0403. The average Bonchev–Trinajstić information content (AvgIpc) is 2.26. The van der Waals surface area contributed by atoms with E-state index in [4.69, 9.17) is 0 Å². The summed E-state index contributed by atoms with van der Waals surface area (Å²) in [5.41, 5.74) is 0.442. The maximum atomic E-state index is 11.9.